The first-order valence-electron chi connectivity index (χ1n) is 8.11. The summed E-state index contributed by atoms with van der Waals surface area (Å²) in [6.07, 6.45) is 4.86. The van der Waals surface area contributed by atoms with Crippen molar-refractivity contribution in [2.75, 3.05) is 5.32 Å². The summed E-state index contributed by atoms with van der Waals surface area (Å²) in [5, 5.41) is 26.3. The van der Waals surface area contributed by atoms with Gasteiger partial charge >= 0.3 is 0 Å². The monoisotopic (exact) mass is 371 g/mol. The van der Waals surface area contributed by atoms with E-state index in [1.165, 1.54) is 24.3 Å². The van der Waals surface area contributed by atoms with Crippen molar-refractivity contribution in [3.8, 4) is 0 Å². The highest BCUT2D eigenvalue weighted by atomic mass is 35.5. The lowest BCUT2D eigenvalue weighted by atomic mass is 9.76. The molecule has 1 N–H and O–H groups in total. The number of hydrogen-bond acceptors (Lipinski definition) is 5. The van der Waals surface area contributed by atoms with Crippen molar-refractivity contribution in [2.24, 2.45) is 5.92 Å². The summed E-state index contributed by atoms with van der Waals surface area (Å²) in [6, 6.07) is 8.98. The van der Waals surface area contributed by atoms with Gasteiger partial charge in [-0.2, -0.15) is 0 Å². The smallest absolute Gasteiger partial charge is 0.292 e. The van der Waals surface area contributed by atoms with Crippen LogP contribution in [0.5, 0.6) is 0 Å². The Hall–Kier alpha value is -2.93. The summed E-state index contributed by atoms with van der Waals surface area (Å²) >= 11 is 6.34. The van der Waals surface area contributed by atoms with Crippen LogP contribution in [0.1, 0.15) is 29.5 Å². The van der Waals surface area contributed by atoms with Gasteiger partial charge in [0, 0.05) is 34.7 Å². The Labute approximate surface area is 153 Å². The summed E-state index contributed by atoms with van der Waals surface area (Å²) in [5.41, 5.74) is 1.85. The molecule has 8 heteroatoms. The van der Waals surface area contributed by atoms with Gasteiger partial charge in [-0.15, -0.1) is 0 Å². The molecule has 2 aliphatic rings. The van der Waals surface area contributed by atoms with Crippen LogP contribution in [-0.4, -0.2) is 9.85 Å². The molecule has 0 unspecified atom stereocenters. The number of non-ortho nitro benzene ring substituents is 1. The quantitative estimate of drug-likeness (QED) is 0.466. The molecule has 7 nitrogen and oxygen atoms in total. The molecule has 0 amide bonds. The second-order valence-electron chi connectivity index (χ2n) is 6.44. The number of nitrogens with one attached hydrogen (secondary N) is 1. The van der Waals surface area contributed by atoms with Gasteiger partial charge in [0.1, 0.15) is 5.69 Å². The van der Waals surface area contributed by atoms with Crippen LogP contribution in [-0.2, 0) is 0 Å². The summed E-state index contributed by atoms with van der Waals surface area (Å²) in [7, 11) is 0. The van der Waals surface area contributed by atoms with Crippen molar-refractivity contribution in [1.82, 2.24) is 0 Å². The number of allylic oxidation sites excluding steroid dienone is 2. The lowest BCUT2D eigenvalue weighted by Gasteiger charge is -2.37. The van der Waals surface area contributed by atoms with Gasteiger partial charge in [0.25, 0.3) is 11.4 Å². The number of hydrogen-bond donors (Lipinski definition) is 1. The predicted molar refractivity (Wildman–Crippen MR) is 97.6 cm³/mol. The van der Waals surface area contributed by atoms with Crippen molar-refractivity contribution in [3.63, 3.8) is 0 Å². The van der Waals surface area contributed by atoms with Crippen LogP contribution in [0.3, 0.4) is 0 Å². The largest absolute Gasteiger partial charge is 0.372 e. The van der Waals surface area contributed by atoms with E-state index in [9.17, 15) is 20.2 Å². The number of benzene rings is 2. The average molecular weight is 372 g/mol. The van der Waals surface area contributed by atoms with Gasteiger partial charge in [0.05, 0.1) is 15.9 Å². The fourth-order valence-electron chi connectivity index (χ4n) is 3.95. The Kier molecular flexibility index (Phi) is 3.88. The van der Waals surface area contributed by atoms with Gasteiger partial charge in [0.2, 0.25) is 0 Å². The fraction of sp³-hybridized carbons (Fsp3) is 0.222. The number of para-hydroxylation sites is 1. The summed E-state index contributed by atoms with van der Waals surface area (Å²) in [5.74, 6) is 0.0930. The number of anilines is 1. The van der Waals surface area contributed by atoms with E-state index in [-0.39, 0.29) is 29.3 Å². The van der Waals surface area contributed by atoms with Gasteiger partial charge in [-0.05, 0) is 24.0 Å². The van der Waals surface area contributed by atoms with Crippen LogP contribution >= 0.6 is 11.6 Å². The molecule has 132 valence electrons. The van der Waals surface area contributed by atoms with Crippen molar-refractivity contribution in [3.05, 3.63) is 84.9 Å². The molecule has 4 rings (SSSR count). The molecular formula is C18H14ClN3O4. The van der Waals surface area contributed by atoms with Crippen LogP contribution in [0.15, 0.2) is 48.6 Å². The zero-order chi connectivity index (χ0) is 18.4. The fourth-order valence-corrected chi connectivity index (χ4v) is 4.18. The average Bonchev–Trinajstić information content (AvgIpc) is 3.10. The molecule has 0 fully saturated rings. The van der Waals surface area contributed by atoms with Gasteiger partial charge in [-0.3, -0.25) is 20.2 Å². The Balaban J connectivity index is 1.86. The van der Waals surface area contributed by atoms with Crippen LogP contribution in [0.2, 0.25) is 5.02 Å². The molecule has 1 heterocycles. The molecule has 0 saturated heterocycles. The number of rotatable bonds is 3. The van der Waals surface area contributed by atoms with E-state index < -0.39 is 9.85 Å². The maximum atomic E-state index is 11.5. The van der Waals surface area contributed by atoms with Crippen molar-refractivity contribution in [2.45, 2.75) is 18.4 Å². The Morgan fingerprint density at radius 2 is 1.88 bits per heavy atom. The molecule has 0 radical (unpaired) electrons. The van der Waals surface area contributed by atoms with Crippen molar-refractivity contribution >= 4 is 28.7 Å². The second-order valence-corrected chi connectivity index (χ2v) is 6.84. The molecule has 2 aromatic rings. The normalized spacial score (nSPS) is 23.0. The first kappa shape index (κ1) is 16.5. The highest BCUT2D eigenvalue weighted by Gasteiger charge is 2.41. The van der Waals surface area contributed by atoms with E-state index in [0.29, 0.717) is 16.3 Å². The van der Waals surface area contributed by atoms with Crippen LogP contribution in [0.25, 0.3) is 0 Å². The number of nitro benzene ring substituents is 2. The van der Waals surface area contributed by atoms with Crippen LogP contribution < -0.4 is 5.32 Å². The number of halogens is 1. The summed E-state index contributed by atoms with van der Waals surface area (Å²) in [4.78, 5) is 21.7. The Bertz CT molecular complexity index is 959. The molecule has 1 aliphatic carbocycles. The SMILES string of the molecule is O=[N+]([O-])c1ccc(Cl)c([C@H]2Nc3c(cccc3[N+](=O)[O-])[C@@H]3C=CC[C@H]23)c1. The number of nitrogens with zero attached hydrogens (tertiary/aromatic N) is 2. The van der Waals surface area contributed by atoms with E-state index in [4.69, 9.17) is 11.6 Å². The molecule has 2 aromatic carbocycles. The standard InChI is InChI=1S/C18H14ClN3O4/c19-15-8-7-10(21(23)24)9-14(15)17-12-4-1-3-11(12)13-5-2-6-16(22(25)26)18(13)20-17/h1-3,5-9,11-12,17,20H,4H2/t11-,12+,17+/m1/s1. The lowest BCUT2D eigenvalue weighted by molar-refractivity contribution is -0.384. The van der Waals surface area contributed by atoms with E-state index in [2.05, 4.69) is 5.32 Å². The molecule has 3 atom stereocenters. The highest BCUT2D eigenvalue weighted by molar-refractivity contribution is 6.31. The minimum Gasteiger partial charge on any atom is -0.372 e. The summed E-state index contributed by atoms with van der Waals surface area (Å²) in [6.45, 7) is 0. The third-order valence-electron chi connectivity index (χ3n) is 5.10. The van der Waals surface area contributed by atoms with E-state index in [0.717, 1.165) is 12.0 Å². The molecule has 26 heavy (non-hydrogen) atoms. The Morgan fingerprint density at radius 3 is 2.62 bits per heavy atom. The molecular weight excluding hydrogens is 358 g/mol. The topological polar surface area (TPSA) is 98.3 Å². The molecule has 0 spiro atoms. The van der Waals surface area contributed by atoms with Gasteiger partial charge in [-0.1, -0.05) is 35.9 Å². The maximum Gasteiger partial charge on any atom is 0.292 e. The highest BCUT2D eigenvalue weighted by Crippen LogP contribution is 2.53. The van der Waals surface area contributed by atoms with Gasteiger partial charge in [-0.25, -0.2) is 0 Å². The van der Waals surface area contributed by atoms with E-state index >= 15 is 0 Å². The first-order chi connectivity index (χ1) is 12.5. The van der Waals surface area contributed by atoms with Crippen LogP contribution in [0, 0.1) is 26.1 Å². The molecule has 0 saturated carbocycles. The Morgan fingerprint density at radius 1 is 1.08 bits per heavy atom. The number of fused-ring (bicyclic) bond motifs is 3. The van der Waals surface area contributed by atoms with Gasteiger partial charge in [0.15, 0.2) is 0 Å². The minimum absolute atomic E-state index is 0.00600. The minimum atomic E-state index is -0.469. The zero-order valence-corrected chi connectivity index (χ0v) is 14.2. The third kappa shape index (κ3) is 2.52. The summed E-state index contributed by atoms with van der Waals surface area (Å²) < 4.78 is 0. The van der Waals surface area contributed by atoms with Crippen molar-refractivity contribution in [1.29, 1.82) is 0 Å². The van der Waals surface area contributed by atoms with Crippen molar-refractivity contribution < 1.29 is 9.85 Å². The molecule has 0 aromatic heterocycles. The van der Waals surface area contributed by atoms with Crippen LogP contribution in [0.4, 0.5) is 17.1 Å². The third-order valence-corrected chi connectivity index (χ3v) is 5.44. The van der Waals surface area contributed by atoms with E-state index in [1.807, 2.05) is 18.2 Å². The van der Waals surface area contributed by atoms with Gasteiger partial charge < -0.3 is 5.32 Å². The lowest BCUT2D eigenvalue weighted by Crippen LogP contribution is -2.29. The zero-order valence-electron chi connectivity index (χ0n) is 13.5. The molecule has 1 aliphatic heterocycles. The molecule has 0 bridgehead atoms. The first-order valence-corrected chi connectivity index (χ1v) is 8.49. The number of nitro groups is 2. The maximum absolute atomic E-state index is 11.5. The predicted octanol–water partition coefficient (Wildman–Crippen LogP) is 4.98. The van der Waals surface area contributed by atoms with E-state index in [1.54, 1.807) is 6.07 Å². The second kappa shape index (κ2) is 6.10.